The molecule has 1 saturated carbocycles. The van der Waals surface area contributed by atoms with Gasteiger partial charge in [-0.05, 0) is 61.8 Å². The van der Waals surface area contributed by atoms with Crippen LogP contribution in [0.25, 0.3) is 10.9 Å². The van der Waals surface area contributed by atoms with Crippen molar-refractivity contribution < 1.29 is 17.9 Å². The van der Waals surface area contributed by atoms with E-state index in [1.165, 1.54) is 12.5 Å². The van der Waals surface area contributed by atoms with Crippen LogP contribution >= 0.6 is 0 Å². The van der Waals surface area contributed by atoms with Gasteiger partial charge in [0.2, 0.25) is 0 Å². The highest BCUT2D eigenvalue weighted by Crippen LogP contribution is 2.37. The standard InChI is InChI=1S/C20H24F3NO/c1-3-13(2)14-4-7-16(8-5-14)25-19-10-11-24-18-9-6-15(12-17(18)19)20(21,22)23/h6,9-14,16H,3-5,7-8H2,1-2H3. The number of nitrogens with zero attached hydrogens (tertiary/aromatic N) is 1. The monoisotopic (exact) mass is 351 g/mol. The highest BCUT2D eigenvalue weighted by atomic mass is 19.4. The largest absolute Gasteiger partial charge is 0.490 e. The van der Waals surface area contributed by atoms with Crippen molar-refractivity contribution in [3.63, 3.8) is 0 Å². The first-order valence-corrected chi connectivity index (χ1v) is 9.01. The van der Waals surface area contributed by atoms with Crippen LogP contribution in [0.1, 0.15) is 51.5 Å². The van der Waals surface area contributed by atoms with Gasteiger partial charge < -0.3 is 4.74 Å². The summed E-state index contributed by atoms with van der Waals surface area (Å²) in [7, 11) is 0. The Labute approximate surface area is 146 Å². The molecule has 0 bridgehead atoms. The van der Waals surface area contributed by atoms with Crippen molar-refractivity contribution in [3.05, 3.63) is 36.0 Å². The number of pyridine rings is 1. The van der Waals surface area contributed by atoms with Gasteiger partial charge in [0.05, 0.1) is 17.2 Å². The highest BCUT2D eigenvalue weighted by Gasteiger charge is 2.31. The van der Waals surface area contributed by atoms with Crippen LogP contribution in [-0.2, 0) is 6.18 Å². The van der Waals surface area contributed by atoms with Gasteiger partial charge in [-0.2, -0.15) is 13.2 Å². The predicted octanol–water partition coefficient (Wildman–Crippen LogP) is 6.24. The van der Waals surface area contributed by atoms with Crippen LogP contribution in [0.3, 0.4) is 0 Å². The Morgan fingerprint density at radius 2 is 1.88 bits per heavy atom. The van der Waals surface area contributed by atoms with Crippen molar-refractivity contribution in [1.82, 2.24) is 4.98 Å². The fourth-order valence-electron chi connectivity index (χ4n) is 3.69. The molecule has 5 heteroatoms. The zero-order chi connectivity index (χ0) is 18.0. The van der Waals surface area contributed by atoms with Gasteiger partial charge in [0.15, 0.2) is 0 Å². The SMILES string of the molecule is CCC(C)C1CCC(Oc2ccnc3ccc(C(F)(F)F)cc23)CC1. The molecule has 2 nitrogen and oxygen atoms in total. The molecule has 136 valence electrons. The van der Waals surface area contributed by atoms with Crippen molar-refractivity contribution in [1.29, 1.82) is 0 Å². The van der Waals surface area contributed by atoms with Gasteiger partial charge in [0.1, 0.15) is 5.75 Å². The topological polar surface area (TPSA) is 22.1 Å². The van der Waals surface area contributed by atoms with E-state index in [2.05, 4.69) is 18.8 Å². The molecular weight excluding hydrogens is 327 g/mol. The zero-order valence-electron chi connectivity index (χ0n) is 14.6. The maximum absolute atomic E-state index is 13.0. The molecule has 1 fully saturated rings. The molecule has 0 radical (unpaired) electrons. The van der Waals surface area contributed by atoms with Crippen LogP contribution in [0.2, 0.25) is 0 Å². The lowest BCUT2D eigenvalue weighted by molar-refractivity contribution is -0.137. The summed E-state index contributed by atoms with van der Waals surface area (Å²) in [6.07, 6.45) is 2.64. The molecule has 1 heterocycles. The first kappa shape index (κ1) is 18.0. The molecule has 0 spiro atoms. The first-order chi connectivity index (χ1) is 11.9. The van der Waals surface area contributed by atoms with Gasteiger partial charge in [-0.15, -0.1) is 0 Å². The van der Waals surface area contributed by atoms with Crippen molar-refractivity contribution in [2.45, 2.75) is 58.2 Å². The lowest BCUT2D eigenvalue weighted by Gasteiger charge is -2.32. The minimum atomic E-state index is -4.37. The molecule has 0 N–H and O–H groups in total. The Kier molecular flexibility index (Phi) is 5.21. The van der Waals surface area contributed by atoms with Crippen LogP contribution < -0.4 is 4.74 Å². The Morgan fingerprint density at radius 1 is 1.16 bits per heavy atom. The number of aromatic nitrogens is 1. The Balaban J connectivity index is 1.78. The van der Waals surface area contributed by atoms with E-state index in [9.17, 15) is 13.2 Å². The van der Waals surface area contributed by atoms with Crippen LogP contribution in [0.4, 0.5) is 13.2 Å². The third-order valence-electron chi connectivity index (χ3n) is 5.49. The van der Waals surface area contributed by atoms with E-state index >= 15 is 0 Å². The van der Waals surface area contributed by atoms with E-state index < -0.39 is 11.7 Å². The Bertz CT molecular complexity index is 720. The number of ether oxygens (including phenoxy) is 1. The molecule has 1 unspecified atom stereocenters. The molecule has 0 aliphatic heterocycles. The van der Waals surface area contributed by atoms with E-state index in [0.29, 0.717) is 16.7 Å². The second kappa shape index (κ2) is 7.22. The highest BCUT2D eigenvalue weighted by molar-refractivity contribution is 5.85. The summed E-state index contributed by atoms with van der Waals surface area (Å²) in [6, 6.07) is 5.28. The first-order valence-electron chi connectivity index (χ1n) is 9.01. The van der Waals surface area contributed by atoms with Gasteiger partial charge in [0, 0.05) is 11.6 Å². The molecular formula is C20H24F3NO. The molecule has 2 aromatic rings. The van der Waals surface area contributed by atoms with Crippen molar-refractivity contribution >= 4 is 10.9 Å². The summed E-state index contributed by atoms with van der Waals surface area (Å²) in [5.41, 5.74) is -0.142. The lowest BCUT2D eigenvalue weighted by atomic mass is 9.79. The van der Waals surface area contributed by atoms with Gasteiger partial charge in [-0.1, -0.05) is 20.3 Å². The second-order valence-corrected chi connectivity index (χ2v) is 7.08. The van der Waals surface area contributed by atoms with E-state index in [-0.39, 0.29) is 6.10 Å². The third-order valence-corrected chi connectivity index (χ3v) is 5.49. The fraction of sp³-hybridized carbons (Fsp3) is 0.550. The van der Waals surface area contributed by atoms with Gasteiger partial charge in [0.25, 0.3) is 0 Å². The van der Waals surface area contributed by atoms with E-state index in [1.54, 1.807) is 12.3 Å². The number of alkyl halides is 3. The van der Waals surface area contributed by atoms with Crippen LogP contribution in [0.15, 0.2) is 30.5 Å². The number of benzene rings is 1. The quantitative estimate of drug-likeness (QED) is 0.651. The summed E-state index contributed by atoms with van der Waals surface area (Å²) in [5.74, 6) is 1.95. The minimum Gasteiger partial charge on any atom is -0.490 e. The molecule has 0 saturated heterocycles. The summed E-state index contributed by atoms with van der Waals surface area (Å²) in [5, 5.41) is 0.432. The molecule has 3 rings (SSSR count). The van der Waals surface area contributed by atoms with Crippen molar-refractivity contribution in [3.8, 4) is 5.75 Å². The maximum atomic E-state index is 13.0. The van der Waals surface area contributed by atoms with Gasteiger partial charge in [-0.3, -0.25) is 4.98 Å². The summed E-state index contributed by atoms with van der Waals surface area (Å²) >= 11 is 0. The van der Waals surface area contributed by atoms with Crippen LogP contribution in [0.5, 0.6) is 5.75 Å². The summed E-state index contributed by atoms with van der Waals surface area (Å²) in [4.78, 5) is 4.16. The minimum absolute atomic E-state index is 0.0699. The Hall–Kier alpha value is -1.78. The number of hydrogen-bond donors (Lipinski definition) is 0. The molecule has 0 amide bonds. The lowest BCUT2D eigenvalue weighted by Crippen LogP contribution is -2.27. The molecule has 1 aliphatic carbocycles. The second-order valence-electron chi connectivity index (χ2n) is 7.08. The molecule has 1 aliphatic rings. The molecule has 25 heavy (non-hydrogen) atoms. The average molecular weight is 351 g/mol. The summed E-state index contributed by atoms with van der Waals surface area (Å²) < 4.78 is 45.1. The van der Waals surface area contributed by atoms with Gasteiger partial charge in [-0.25, -0.2) is 0 Å². The van der Waals surface area contributed by atoms with Crippen molar-refractivity contribution in [2.24, 2.45) is 11.8 Å². The van der Waals surface area contributed by atoms with Gasteiger partial charge >= 0.3 is 6.18 Å². The molecule has 1 atom stereocenters. The third kappa shape index (κ3) is 4.07. The molecule has 1 aromatic heterocycles. The van der Waals surface area contributed by atoms with E-state index in [1.807, 2.05) is 0 Å². The number of hydrogen-bond acceptors (Lipinski definition) is 2. The van der Waals surface area contributed by atoms with Crippen LogP contribution in [-0.4, -0.2) is 11.1 Å². The average Bonchev–Trinajstić information content (AvgIpc) is 2.61. The normalized spacial score (nSPS) is 22.8. The van der Waals surface area contributed by atoms with E-state index in [4.69, 9.17) is 4.74 Å². The maximum Gasteiger partial charge on any atom is 0.416 e. The number of fused-ring (bicyclic) bond motifs is 1. The number of rotatable bonds is 4. The predicted molar refractivity (Wildman–Crippen MR) is 92.6 cm³/mol. The van der Waals surface area contributed by atoms with Crippen molar-refractivity contribution in [2.75, 3.05) is 0 Å². The summed E-state index contributed by atoms with van der Waals surface area (Å²) in [6.45, 7) is 4.51. The molecule has 1 aromatic carbocycles. The smallest absolute Gasteiger partial charge is 0.416 e. The fourth-order valence-corrected chi connectivity index (χ4v) is 3.69. The Morgan fingerprint density at radius 3 is 2.52 bits per heavy atom. The zero-order valence-corrected chi connectivity index (χ0v) is 14.6. The number of halogens is 3. The van der Waals surface area contributed by atoms with Crippen LogP contribution in [0, 0.1) is 11.8 Å². The van der Waals surface area contributed by atoms with E-state index in [0.717, 1.165) is 49.7 Å².